The summed E-state index contributed by atoms with van der Waals surface area (Å²) in [5.74, 6) is -1.22. The molecular weight excluding hydrogens is 526 g/mol. The van der Waals surface area contributed by atoms with Crippen LogP contribution in [0.15, 0.2) is 27.6 Å². The van der Waals surface area contributed by atoms with Gasteiger partial charge in [0.05, 0.1) is 6.61 Å². The quantitative estimate of drug-likeness (QED) is 0.359. The number of H-pyrrole nitrogens is 1. The minimum absolute atomic E-state index is 0.0663. The van der Waals surface area contributed by atoms with Gasteiger partial charge in [-0.25, -0.2) is 8.42 Å². The highest BCUT2D eigenvalue weighted by Gasteiger charge is 2.37. The van der Waals surface area contributed by atoms with E-state index in [0.29, 0.717) is 21.9 Å². The van der Waals surface area contributed by atoms with Crippen LogP contribution in [0.5, 0.6) is 0 Å². The second-order valence-electron chi connectivity index (χ2n) is 8.61. The van der Waals surface area contributed by atoms with Crippen molar-refractivity contribution in [2.75, 3.05) is 46.9 Å². The summed E-state index contributed by atoms with van der Waals surface area (Å²) in [5.41, 5.74) is 5.77. The van der Waals surface area contributed by atoms with Crippen molar-refractivity contribution >= 4 is 48.7 Å². The first kappa shape index (κ1) is 26.6. The van der Waals surface area contributed by atoms with E-state index in [1.54, 1.807) is 18.2 Å². The highest BCUT2D eigenvalue weighted by molar-refractivity contribution is 9.10. The summed E-state index contributed by atoms with van der Waals surface area (Å²) in [4.78, 5) is 29.4. The smallest absolute Gasteiger partial charge is 0.266 e. The van der Waals surface area contributed by atoms with Crippen LogP contribution in [0.4, 0.5) is 0 Å². The minimum atomic E-state index is -4.13. The Kier molecular flexibility index (Phi) is 9.10. The molecule has 2 heterocycles. The van der Waals surface area contributed by atoms with Crippen LogP contribution in [-0.4, -0.2) is 87.4 Å². The SMILES string of the molecule is CN(C)CCCCCCNC(=O)C1CN(S(=O)(=O)c2c(C(N)=O)[nH]c3ccc(Br)cc23)CCO1. The third-order valence-corrected chi connectivity index (χ3v) is 8.15. The van der Waals surface area contributed by atoms with E-state index in [-0.39, 0.29) is 36.2 Å². The molecule has 10 nitrogen and oxygen atoms in total. The number of aromatic nitrogens is 1. The average Bonchev–Trinajstić information content (AvgIpc) is 3.18. The number of nitrogens with one attached hydrogen (secondary N) is 2. The number of hydrogen-bond donors (Lipinski definition) is 3. The lowest BCUT2D eigenvalue weighted by Gasteiger charge is -2.31. The van der Waals surface area contributed by atoms with E-state index in [4.69, 9.17) is 10.5 Å². The molecular formula is C22H32BrN5O5S. The number of benzene rings is 1. The third kappa shape index (κ3) is 6.36. The Labute approximate surface area is 208 Å². The first-order chi connectivity index (χ1) is 16.1. The van der Waals surface area contributed by atoms with Crippen molar-refractivity contribution in [3.8, 4) is 0 Å². The molecule has 1 aliphatic rings. The Morgan fingerprint density at radius 2 is 2.00 bits per heavy atom. The maximum atomic E-state index is 13.6. The maximum Gasteiger partial charge on any atom is 0.266 e. The van der Waals surface area contributed by atoms with Gasteiger partial charge in [0, 0.05) is 35.0 Å². The lowest BCUT2D eigenvalue weighted by molar-refractivity contribution is -0.136. The molecule has 2 aromatic rings. The molecule has 188 valence electrons. The average molecular weight is 558 g/mol. The van der Waals surface area contributed by atoms with E-state index >= 15 is 0 Å². The monoisotopic (exact) mass is 557 g/mol. The highest BCUT2D eigenvalue weighted by atomic mass is 79.9. The van der Waals surface area contributed by atoms with Gasteiger partial charge in [-0.3, -0.25) is 9.59 Å². The summed E-state index contributed by atoms with van der Waals surface area (Å²) in [6, 6.07) is 5.02. The standard InChI is InChI=1S/C22H32BrN5O5S/c1-27(2)10-6-4-3-5-9-25-22(30)18-14-28(11-12-33-18)34(31,32)20-16-13-15(23)7-8-17(16)26-19(20)21(24)29/h7-8,13,18,26H,3-6,9-12,14H2,1-2H3,(H2,24,29)(H,25,30). The van der Waals surface area contributed by atoms with Gasteiger partial charge >= 0.3 is 0 Å². The first-order valence-corrected chi connectivity index (χ1v) is 13.5. The number of fused-ring (bicyclic) bond motifs is 1. The van der Waals surface area contributed by atoms with Crippen LogP contribution in [0.2, 0.25) is 0 Å². The molecule has 4 N–H and O–H groups in total. The number of morpholine rings is 1. The molecule has 0 spiro atoms. The molecule has 2 amide bonds. The van der Waals surface area contributed by atoms with E-state index in [1.165, 1.54) is 4.31 Å². The van der Waals surface area contributed by atoms with Crippen LogP contribution in [0, 0.1) is 0 Å². The predicted octanol–water partition coefficient (Wildman–Crippen LogP) is 1.66. The van der Waals surface area contributed by atoms with Gasteiger partial charge in [0.15, 0.2) is 0 Å². The van der Waals surface area contributed by atoms with Crippen molar-refractivity contribution in [2.24, 2.45) is 5.73 Å². The van der Waals surface area contributed by atoms with Gasteiger partial charge in [0.1, 0.15) is 16.7 Å². The van der Waals surface area contributed by atoms with Gasteiger partial charge in [-0.2, -0.15) is 4.31 Å². The van der Waals surface area contributed by atoms with Crippen molar-refractivity contribution in [3.63, 3.8) is 0 Å². The van der Waals surface area contributed by atoms with Crippen LogP contribution in [0.3, 0.4) is 0 Å². The molecule has 0 saturated carbocycles. The fourth-order valence-electron chi connectivity index (χ4n) is 3.94. The van der Waals surface area contributed by atoms with E-state index in [9.17, 15) is 18.0 Å². The maximum absolute atomic E-state index is 13.6. The number of nitrogens with two attached hydrogens (primary N) is 1. The van der Waals surface area contributed by atoms with Gasteiger partial charge < -0.3 is 25.7 Å². The van der Waals surface area contributed by atoms with Gasteiger partial charge in [0.25, 0.3) is 11.8 Å². The number of sulfonamides is 1. The van der Waals surface area contributed by atoms with E-state index in [0.717, 1.165) is 32.2 Å². The predicted molar refractivity (Wildman–Crippen MR) is 133 cm³/mol. The van der Waals surface area contributed by atoms with Gasteiger partial charge in [-0.1, -0.05) is 28.8 Å². The van der Waals surface area contributed by atoms with Gasteiger partial charge in [0.2, 0.25) is 10.0 Å². The molecule has 0 bridgehead atoms. The zero-order chi connectivity index (χ0) is 24.9. The van der Waals surface area contributed by atoms with Crippen LogP contribution in [-0.2, 0) is 19.6 Å². The number of carbonyl (C=O) groups excluding carboxylic acids is 2. The summed E-state index contributed by atoms with van der Waals surface area (Å²) in [7, 11) is -0.0468. The van der Waals surface area contributed by atoms with Crippen molar-refractivity contribution < 1.29 is 22.7 Å². The molecule has 1 aliphatic heterocycles. The number of ether oxygens (including phenoxy) is 1. The number of nitrogens with zero attached hydrogens (tertiary/aromatic N) is 2. The number of rotatable bonds is 11. The first-order valence-electron chi connectivity index (χ1n) is 11.3. The normalized spacial score (nSPS) is 17.4. The summed E-state index contributed by atoms with van der Waals surface area (Å²) in [6.07, 6.45) is 3.12. The topological polar surface area (TPSA) is 138 Å². The zero-order valence-electron chi connectivity index (χ0n) is 19.5. The lowest BCUT2D eigenvalue weighted by atomic mass is 10.2. The van der Waals surface area contributed by atoms with Crippen molar-refractivity contribution in [1.29, 1.82) is 0 Å². The van der Waals surface area contributed by atoms with Gasteiger partial charge in [-0.15, -0.1) is 0 Å². The molecule has 0 radical (unpaired) electrons. The summed E-state index contributed by atoms with van der Waals surface area (Å²) in [6.45, 7) is 1.54. The number of halogens is 1. The fourth-order valence-corrected chi connectivity index (χ4v) is 6.07. The largest absolute Gasteiger partial charge is 0.366 e. The Balaban J connectivity index is 1.67. The Bertz CT molecular complexity index is 1130. The molecule has 3 rings (SSSR count). The Hall–Kier alpha value is -1.99. The molecule has 1 aromatic carbocycles. The van der Waals surface area contributed by atoms with Crippen LogP contribution in [0.1, 0.15) is 36.2 Å². The molecule has 1 unspecified atom stereocenters. The van der Waals surface area contributed by atoms with E-state index in [1.807, 2.05) is 14.1 Å². The molecule has 34 heavy (non-hydrogen) atoms. The summed E-state index contributed by atoms with van der Waals surface area (Å²) >= 11 is 3.34. The fraction of sp³-hybridized carbons (Fsp3) is 0.545. The lowest BCUT2D eigenvalue weighted by Crippen LogP contribution is -2.51. The minimum Gasteiger partial charge on any atom is -0.366 e. The number of amides is 2. The Morgan fingerprint density at radius 3 is 2.71 bits per heavy atom. The number of aromatic amines is 1. The van der Waals surface area contributed by atoms with E-state index in [2.05, 4.69) is 31.1 Å². The molecule has 1 atom stereocenters. The second kappa shape index (κ2) is 11.6. The van der Waals surface area contributed by atoms with E-state index < -0.39 is 22.0 Å². The van der Waals surface area contributed by atoms with Crippen molar-refractivity contribution in [1.82, 2.24) is 19.5 Å². The number of hydrogen-bond acceptors (Lipinski definition) is 6. The van der Waals surface area contributed by atoms with Crippen molar-refractivity contribution in [2.45, 2.75) is 36.7 Å². The molecule has 12 heteroatoms. The highest BCUT2D eigenvalue weighted by Crippen LogP contribution is 2.32. The van der Waals surface area contributed by atoms with Crippen LogP contribution >= 0.6 is 15.9 Å². The third-order valence-electron chi connectivity index (χ3n) is 5.71. The summed E-state index contributed by atoms with van der Waals surface area (Å²) in [5, 5.41) is 3.19. The van der Waals surface area contributed by atoms with Gasteiger partial charge in [-0.05, 0) is 51.7 Å². The van der Waals surface area contributed by atoms with Crippen LogP contribution < -0.4 is 11.1 Å². The molecule has 1 saturated heterocycles. The molecule has 1 aromatic heterocycles. The summed E-state index contributed by atoms with van der Waals surface area (Å²) < 4.78 is 34.5. The number of unbranched alkanes of at least 4 members (excludes halogenated alkanes) is 3. The van der Waals surface area contributed by atoms with Crippen LogP contribution in [0.25, 0.3) is 10.9 Å². The molecule has 1 fully saturated rings. The Morgan fingerprint density at radius 1 is 1.26 bits per heavy atom. The number of carbonyl (C=O) groups is 2. The molecule has 0 aliphatic carbocycles. The number of primary amides is 1. The van der Waals surface area contributed by atoms with Crippen molar-refractivity contribution in [3.05, 3.63) is 28.4 Å². The zero-order valence-corrected chi connectivity index (χ0v) is 21.9. The second-order valence-corrected chi connectivity index (χ2v) is 11.4.